The lowest BCUT2D eigenvalue weighted by atomic mass is 9.78. The molecular weight excluding hydrogens is 316 g/mol. The maximum Gasteiger partial charge on any atom is 0.171 e. The van der Waals surface area contributed by atoms with Gasteiger partial charge < -0.3 is 14.0 Å². The SMILES string of the molecule is CC(CC(C)(C)C)C(COCc1ccccc1)C(C=O)O[SiH](C)C. The van der Waals surface area contributed by atoms with Gasteiger partial charge in [-0.1, -0.05) is 58.0 Å². The molecule has 0 fully saturated rings. The van der Waals surface area contributed by atoms with E-state index in [0.29, 0.717) is 19.1 Å². The van der Waals surface area contributed by atoms with Crippen LogP contribution in [0, 0.1) is 17.3 Å². The molecule has 136 valence electrons. The van der Waals surface area contributed by atoms with E-state index in [1.807, 2.05) is 18.2 Å². The molecule has 0 spiro atoms. The van der Waals surface area contributed by atoms with Crippen LogP contribution in [0.15, 0.2) is 30.3 Å². The van der Waals surface area contributed by atoms with Crippen LogP contribution in [0.4, 0.5) is 0 Å². The molecule has 0 aromatic heterocycles. The fraction of sp³-hybridized carbons (Fsp3) is 0.650. The zero-order chi connectivity index (χ0) is 18.2. The van der Waals surface area contributed by atoms with E-state index in [-0.39, 0.29) is 17.4 Å². The first-order valence-corrected chi connectivity index (χ1v) is 11.7. The van der Waals surface area contributed by atoms with Crippen molar-refractivity contribution in [2.75, 3.05) is 6.61 Å². The van der Waals surface area contributed by atoms with Crippen LogP contribution < -0.4 is 0 Å². The minimum absolute atomic E-state index is 0.0975. The standard InChI is InChI=1S/C20H34O3Si/c1-16(12-20(2,3)4)18(19(13-21)23-24(5)6)15-22-14-17-10-8-7-9-11-17/h7-11,13,16,18-19,24H,12,14-15H2,1-6H3. The zero-order valence-corrected chi connectivity index (χ0v) is 17.3. The summed E-state index contributed by atoms with van der Waals surface area (Å²) in [6.07, 6.45) is 1.66. The third-order valence-electron chi connectivity index (χ3n) is 4.07. The molecule has 0 heterocycles. The second kappa shape index (κ2) is 10.1. The summed E-state index contributed by atoms with van der Waals surface area (Å²) >= 11 is 0. The molecule has 0 saturated heterocycles. The van der Waals surface area contributed by atoms with Crippen molar-refractivity contribution in [3.8, 4) is 0 Å². The van der Waals surface area contributed by atoms with Crippen molar-refractivity contribution in [3.63, 3.8) is 0 Å². The predicted octanol–water partition coefficient (Wildman–Crippen LogP) is 4.46. The first kappa shape index (κ1) is 21.1. The van der Waals surface area contributed by atoms with Gasteiger partial charge >= 0.3 is 0 Å². The van der Waals surface area contributed by atoms with Gasteiger partial charge in [0, 0.05) is 5.92 Å². The fourth-order valence-corrected chi connectivity index (χ4v) is 4.03. The lowest BCUT2D eigenvalue weighted by Crippen LogP contribution is -2.38. The smallest absolute Gasteiger partial charge is 0.171 e. The molecule has 1 aromatic rings. The molecule has 4 heteroatoms. The highest BCUT2D eigenvalue weighted by Crippen LogP contribution is 2.31. The van der Waals surface area contributed by atoms with Gasteiger partial charge in [-0.05, 0) is 36.4 Å². The van der Waals surface area contributed by atoms with Gasteiger partial charge in [-0.25, -0.2) is 0 Å². The third kappa shape index (κ3) is 8.22. The molecule has 0 bridgehead atoms. The van der Waals surface area contributed by atoms with Gasteiger partial charge in [-0.2, -0.15) is 0 Å². The van der Waals surface area contributed by atoms with Crippen molar-refractivity contribution < 1.29 is 14.0 Å². The maximum atomic E-state index is 11.6. The second-order valence-corrected chi connectivity index (χ2v) is 10.6. The number of benzene rings is 1. The minimum atomic E-state index is -1.28. The number of ether oxygens (including phenoxy) is 1. The van der Waals surface area contributed by atoms with E-state index in [0.717, 1.165) is 18.3 Å². The Bertz CT molecular complexity index is 468. The number of rotatable bonds is 10. The normalized spacial score (nSPS) is 16.0. The molecule has 1 aromatic carbocycles. The Morgan fingerprint density at radius 2 is 1.79 bits per heavy atom. The van der Waals surface area contributed by atoms with E-state index in [9.17, 15) is 4.79 Å². The van der Waals surface area contributed by atoms with E-state index in [1.165, 1.54) is 0 Å². The Kier molecular flexibility index (Phi) is 8.88. The van der Waals surface area contributed by atoms with Crippen LogP contribution in [0.25, 0.3) is 0 Å². The average Bonchev–Trinajstić information content (AvgIpc) is 2.48. The van der Waals surface area contributed by atoms with Gasteiger partial charge in [0.25, 0.3) is 0 Å². The molecule has 0 aliphatic rings. The predicted molar refractivity (Wildman–Crippen MR) is 103 cm³/mol. The van der Waals surface area contributed by atoms with Gasteiger partial charge in [0.1, 0.15) is 12.4 Å². The van der Waals surface area contributed by atoms with Gasteiger partial charge in [-0.3, -0.25) is 0 Å². The lowest BCUT2D eigenvalue weighted by Gasteiger charge is -2.33. The van der Waals surface area contributed by atoms with Gasteiger partial charge in [0.15, 0.2) is 9.04 Å². The first-order valence-electron chi connectivity index (χ1n) is 8.95. The second-order valence-electron chi connectivity index (χ2n) is 8.19. The molecule has 0 aliphatic heterocycles. The summed E-state index contributed by atoms with van der Waals surface area (Å²) in [6, 6.07) is 10.1. The first-order chi connectivity index (χ1) is 11.2. The van der Waals surface area contributed by atoms with E-state index >= 15 is 0 Å². The maximum absolute atomic E-state index is 11.6. The lowest BCUT2D eigenvalue weighted by molar-refractivity contribution is -0.119. The molecule has 1 rings (SSSR count). The zero-order valence-electron chi connectivity index (χ0n) is 16.1. The summed E-state index contributed by atoms with van der Waals surface area (Å²) in [7, 11) is -1.28. The van der Waals surface area contributed by atoms with E-state index in [2.05, 4.69) is 52.9 Å². The highest BCUT2D eigenvalue weighted by molar-refractivity contribution is 6.48. The van der Waals surface area contributed by atoms with E-state index in [4.69, 9.17) is 9.16 Å². The summed E-state index contributed by atoms with van der Waals surface area (Å²) in [5.41, 5.74) is 1.38. The average molecular weight is 351 g/mol. The van der Waals surface area contributed by atoms with Gasteiger partial charge in [0.05, 0.1) is 13.2 Å². The Morgan fingerprint density at radius 1 is 1.17 bits per heavy atom. The molecule has 3 atom stereocenters. The number of hydrogen-bond acceptors (Lipinski definition) is 3. The highest BCUT2D eigenvalue weighted by atomic mass is 28.3. The Hall–Kier alpha value is -0.973. The quantitative estimate of drug-likeness (QED) is 0.462. The summed E-state index contributed by atoms with van der Waals surface area (Å²) in [4.78, 5) is 11.6. The van der Waals surface area contributed by atoms with Crippen LogP contribution in [0.3, 0.4) is 0 Å². The summed E-state index contributed by atoms with van der Waals surface area (Å²) < 4.78 is 11.9. The van der Waals surface area contributed by atoms with Gasteiger partial charge in [-0.15, -0.1) is 0 Å². The van der Waals surface area contributed by atoms with Crippen molar-refractivity contribution in [3.05, 3.63) is 35.9 Å². The largest absolute Gasteiger partial charge is 0.411 e. The number of hydrogen-bond donors (Lipinski definition) is 0. The van der Waals surface area contributed by atoms with Crippen LogP contribution in [-0.4, -0.2) is 28.0 Å². The summed E-state index contributed by atoms with van der Waals surface area (Å²) in [5.74, 6) is 0.462. The molecule has 3 nitrogen and oxygen atoms in total. The van der Waals surface area contributed by atoms with Crippen molar-refractivity contribution in [1.82, 2.24) is 0 Å². The molecule has 0 amide bonds. The fourth-order valence-electron chi connectivity index (χ4n) is 3.14. The van der Waals surface area contributed by atoms with Crippen LogP contribution >= 0.6 is 0 Å². The van der Waals surface area contributed by atoms with Crippen molar-refractivity contribution >= 4 is 15.3 Å². The molecule has 0 radical (unpaired) electrons. The van der Waals surface area contributed by atoms with Crippen molar-refractivity contribution in [1.29, 1.82) is 0 Å². The van der Waals surface area contributed by atoms with Crippen LogP contribution in [-0.2, 0) is 20.6 Å². The topological polar surface area (TPSA) is 35.5 Å². The summed E-state index contributed by atoms with van der Waals surface area (Å²) in [5, 5.41) is 0. The van der Waals surface area contributed by atoms with Gasteiger partial charge in [0.2, 0.25) is 0 Å². The molecular formula is C20H34O3Si. The minimum Gasteiger partial charge on any atom is -0.411 e. The molecule has 0 aliphatic carbocycles. The van der Waals surface area contributed by atoms with E-state index in [1.54, 1.807) is 0 Å². The van der Waals surface area contributed by atoms with Crippen LogP contribution in [0.5, 0.6) is 0 Å². The third-order valence-corrected chi connectivity index (χ3v) is 4.93. The Morgan fingerprint density at radius 3 is 2.29 bits per heavy atom. The molecule has 0 N–H and O–H groups in total. The van der Waals surface area contributed by atoms with Crippen molar-refractivity contribution in [2.45, 2.75) is 59.9 Å². The van der Waals surface area contributed by atoms with E-state index < -0.39 is 9.04 Å². The Labute approximate surface area is 149 Å². The molecule has 0 saturated carbocycles. The molecule has 24 heavy (non-hydrogen) atoms. The number of carbonyl (C=O) groups is 1. The monoisotopic (exact) mass is 350 g/mol. The van der Waals surface area contributed by atoms with Crippen molar-refractivity contribution in [2.24, 2.45) is 17.3 Å². The summed E-state index contributed by atoms with van der Waals surface area (Å²) in [6.45, 7) is 14.3. The molecule has 3 unspecified atom stereocenters. The van der Waals surface area contributed by atoms with Crippen LogP contribution in [0.1, 0.15) is 39.7 Å². The highest BCUT2D eigenvalue weighted by Gasteiger charge is 2.31. The number of carbonyl (C=O) groups excluding carboxylic acids is 1. The Balaban J connectivity index is 2.73. The number of aldehydes is 1. The van der Waals surface area contributed by atoms with Crippen LogP contribution in [0.2, 0.25) is 13.1 Å².